The highest BCUT2D eigenvalue weighted by atomic mass is 79.9. The van der Waals surface area contributed by atoms with Gasteiger partial charge in [-0.15, -0.1) is 0 Å². The zero-order valence-electron chi connectivity index (χ0n) is 20.4. The lowest BCUT2D eigenvalue weighted by atomic mass is 9.93. The van der Waals surface area contributed by atoms with E-state index in [1.54, 1.807) is 18.6 Å². The van der Waals surface area contributed by atoms with Gasteiger partial charge in [0.2, 0.25) is 0 Å². The van der Waals surface area contributed by atoms with Gasteiger partial charge in [-0.2, -0.15) is 0 Å². The van der Waals surface area contributed by atoms with Crippen LogP contribution in [0.1, 0.15) is 49.4 Å². The van der Waals surface area contributed by atoms with E-state index >= 15 is 0 Å². The lowest BCUT2D eigenvalue weighted by Gasteiger charge is -2.27. The van der Waals surface area contributed by atoms with Gasteiger partial charge in [0, 0.05) is 14.5 Å². The van der Waals surface area contributed by atoms with Gasteiger partial charge in [0.25, 0.3) is 5.56 Å². The minimum atomic E-state index is -0.735. The number of benzene rings is 2. The standard InChI is InChI=1S/C27H26Br2N2O4S/c1-5-7-20-23(26(33)35-6-2)24(18-14-17(28)10-11-21(18)34-4)31-25(32)22(36-27(31)30-20)13-16-9-8-15(3)19(29)12-16/h8-14,24H,5-7H2,1-4H3/b22-13+/t24-/m1/s1. The smallest absolute Gasteiger partial charge is 0.338 e. The van der Waals surface area contributed by atoms with Crippen molar-refractivity contribution < 1.29 is 14.3 Å². The van der Waals surface area contributed by atoms with Crippen molar-refractivity contribution in [3.63, 3.8) is 0 Å². The van der Waals surface area contributed by atoms with E-state index in [2.05, 4.69) is 31.9 Å². The Kier molecular flexibility index (Phi) is 8.32. The number of aromatic nitrogens is 1. The first-order chi connectivity index (χ1) is 17.3. The van der Waals surface area contributed by atoms with Gasteiger partial charge in [0.1, 0.15) is 11.8 Å². The van der Waals surface area contributed by atoms with E-state index in [1.807, 2.05) is 56.3 Å². The number of methoxy groups -OCH3 is 1. The number of ether oxygens (including phenoxy) is 2. The summed E-state index contributed by atoms with van der Waals surface area (Å²) in [6.07, 6.45) is 3.23. The lowest BCUT2D eigenvalue weighted by molar-refractivity contribution is -0.139. The molecule has 0 radical (unpaired) electrons. The molecule has 9 heteroatoms. The number of rotatable bonds is 7. The first kappa shape index (κ1) is 26.6. The Morgan fingerprint density at radius 1 is 1.19 bits per heavy atom. The molecular formula is C27H26Br2N2O4S. The van der Waals surface area contributed by atoms with Crippen LogP contribution in [0.3, 0.4) is 0 Å². The minimum absolute atomic E-state index is 0.219. The Morgan fingerprint density at radius 3 is 2.64 bits per heavy atom. The number of esters is 1. The van der Waals surface area contributed by atoms with Crippen LogP contribution in [0, 0.1) is 6.92 Å². The SMILES string of the molecule is CCCC1=C(C(=O)OCC)[C@@H](c2cc(Br)ccc2OC)n2c(s/c(=C/c3ccc(C)c(Br)c3)c2=O)=N1. The van der Waals surface area contributed by atoms with Crippen LogP contribution < -0.4 is 19.6 Å². The van der Waals surface area contributed by atoms with E-state index in [1.165, 1.54) is 11.3 Å². The van der Waals surface area contributed by atoms with Crippen molar-refractivity contribution >= 4 is 55.2 Å². The lowest BCUT2D eigenvalue weighted by Crippen LogP contribution is -2.40. The number of carbonyl (C=O) groups excluding carboxylic acids is 1. The molecule has 1 aliphatic heterocycles. The molecule has 0 amide bonds. The highest BCUT2D eigenvalue weighted by Gasteiger charge is 2.36. The van der Waals surface area contributed by atoms with Gasteiger partial charge >= 0.3 is 5.97 Å². The summed E-state index contributed by atoms with van der Waals surface area (Å²) in [6.45, 7) is 6.03. The second kappa shape index (κ2) is 11.3. The maximum absolute atomic E-state index is 13.9. The fourth-order valence-corrected chi connectivity index (χ4v) is 5.98. The predicted octanol–water partition coefficient (Wildman–Crippen LogP) is 5.42. The van der Waals surface area contributed by atoms with E-state index < -0.39 is 12.0 Å². The van der Waals surface area contributed by atoms with Crippen molar-refractivity contribution in [2.75, 3.05) is 13.7 Å². The van der Waals surface area contributed by atoms with E-state index in [4.69, 9.17) is 14.5 Å². The van der Waals surface area contributed by atoms with E-state index in [0.717, 1.165) is 26.5 Å². The number of hydrogen-bond acceptors (Lipinski definition) is 6. The van der Waals surface area contributed by atoms with Crippen molar-refractivity contribution in [1.29, 1.82) is 0 Å². The fourth-order valence-electron chi connectivity index (χ4n) is 4.18. The van der Waals surface area contributed by atoms with Gasteiger partial charge in [-0.25, -0.2) is 9.79 Å². The highest BCUT2D eigenvalue weighted by molar-refractivity contribution is 9.10. The van der Waals surface area contributed by atoms with Crippen LogP contribution in [-0.2, 0) is 9.53 Å². The van der Waals surface area contributed by atoms with Gasteiger partial charge in [-0.05, 0) is 61.7 Å². The number of carbonyl (C=O) groups is 1. The maximum Gasteiger partial charge on any atom is 0.338 e. The first-order valence-corrected chi connectivity index (χ1v) is 14.0. The third kappa shape index (κ3) is 5.14. The van der Waals surface area contributed by atoms with Crippen LogP contribution in [-0.4, -0.2) is 24.3 Å². The molecule has 0 aliphatic carbocycles. The Balaban J connectivity index is 2.05. The summed E-state index contributed by atoms with van der Waals surface area (Å²) in [5, 5.41) is 0. The van der Waals surface area contributed by atoms with Crippen LogP contribution in [0.2, 0.25) is 0 Å². The monoisotopic (exact) mass is 632 g/mol. The fraction of sp³-hybridized carbons (Fsp3) is 0.296. The molecule has 0 saturated heterocycles. The number of aryl methyl sites for hydroxylation is 1. The predicted molar refractivity (Wildman–Crippen MR) is 149 cm³/mol. The Morgan fingerprint density at radius 2 is 1.97 bits per heavy atom. The van der Waals surface area contributed by atoms with E-state index in [-0.39, 0.29) is 12.2 Å². The molecule has 4 rings (SSSR count). The summed E-state index contributed by atoms with van der Waals surface area (Å²) in [6, 6.07) is 10.8. The molecule has 0 N–H and O–H groups in total. The van der Waals surface area contributed by atoms with Gasteiger partial charge in [0.15, 0.2) is 4.80 Å². The number of allylic oxidation sites excluding steroid dienone is 1. The van der Waals surface area contributed by atoms with Gasteiger partial charge < -0.3 is 9.47 Å². The zero-order chi connectivity index (χ0) is 26.0. The molecule has 0 bridgehead atoms. The molecule has 0 saturated carbocycles. The Hall–Kier alpha value is -2.49. The molecule has 1 aromatic heterocycles. The summed E-state index contributed by atoms with van der Waals surface area (Å²) >= 11 is 8.42. The average Bonchev–Trinajstić information content (AvgIpc) is 3.15. The summed E-state index contributed by atoms with van der Waals surface area (Å²) in [4.78, 5) is 32.5. The van der Waals surface area contributed by atoms with Crippen LogP contribution in [0.5, 0.6) is 5.75 Å². The molecule has 0 fully saturated rings. The molecular weight excluding hydrogens is 608 g/mol. The number of thiazole rings is 1. The molecule has 188 valence electrons. The molecule has 0 spiro atoms. The van der Waals surface area contributed by atoms with Crippen molar-refractivity contribution in [3.05, 3.63) is 93.0 Å². The van der Waals surface area contributed by atoms with Crippen LogP contribution in [0.25, 0.3) is 6.08 Å². The largest absolute Gasteiger partial charge is 0.496 e. The molecule has 36 heavy (non-hydrogen) atoms. The zero-order valence-corrected chi connectivity index (χ0v) is 24.4. The normalized spacial score (nSPS) is 15.5. The summed E-state index contributed by atoms with van der Waals surface area (Å²) in [5.74, 6) is 0.0910. The summed E-state index contributed by atoms with van der Waals surface area (Å²) in [7, 11) is 1.58. The second-order valence-corrected chi connectivity index (χ2v) is 11.1. The molecule has 3 aromatic rings. The van der Waals surface area contributed by atoms with Crippen molar-refractivity contribution in [2.45, 2.75) is 39.7 Å². The van der Waals surface area contributed by atoms with Crippen molar-refractivity contribution in [1.82, 2.24) is 4.57 Å². The molecule has 2 heterocycles. The van der Waals surface area contributed by atoms with E-state index in [0.29, 0.717) is 38.3 Å². The molecule has 0 unspecified atom stereocenters. The molecule has 2 aromatic carbocycles. The number of fused-ring (bicyclic) bond motifs is 1. The van der Waals surface area contributed by atoms with Gasteiger partial charge in [0.05, 0.1) is 29.5 Å². The van der Waals surface area contributed by atoms with E-state index in [9.17, 15) is 9.59 Å². The van der Waals surface area contributed by atoms with Crippen molar-refractivity contribution in [2.24, 2.45) is 4.99 Å². The average molecular weight is 634 g/mol. The Labute approximate surface area is 230 Å². The third-order valence-corrected chi connectivity index (χ3v) is 8.20. The summed E-state index contributed by atoms with van der Waals surface area (Å²) < 4.78 is 15.0. The number of nitrogens with zero attached hydrogens (tertiary/aromatic N) is 2. The van der Waals surface area contributed by atoms with Crippen molar-refractivity contribution in [3.8, 4) is 5.75 Å². The summed E-state index contributed by atoms with van der Waals surface area (Å²) in [5.41, 5.74) is 3.47. The topological polar surface area (TPSA) is 69.9 Å². The molecule has 1 aliphatic rings. The first-order valence-electron chi connectivity index (χ1n) is 11.6. The van der Waals surface area contributed by atoms with Crippen LogP contribution >= 0.6 is 43.2 Å². The van der Waals surface area contributed by atoms with Gasteiger partial charge in [-0.3, -0.25) is 9.36 Å². The third-order valence-electron chi connectivity index (χ3n) is 5.87. The molecule has 1 atom stereocenters. The highest BCUT2D eigenvalue weighted by Crippen LogP contribution is 2.38. The number of hydrogen-bond donors (Lipinski definition) is 0. The minimum Gasteiger partial charge on any atom is -0.496 e. The maximum atomic E-state index is 13.9. The van der Waals surface area contributed by atoms with Crippen LogP contribution in [0.4, 0.5) is 0 Å². The quantitative estimate of drug-likeness (QED) is 0.326. The molecule has 6 nitrogen and oxygen atoms in total. The number of halogens is 2. The Bertz CT molecular complexity index is 1540. The second-order valence-electron chi connectivity index (χ2n) is 8.31. The van der Waals surface area contributed by atoms with Gasteiger partial charge in [-0.1, -0.05) is 68.7 Å². The van der Waals surface area contributed by atoms with Crippen LogP contribution in [0.15, 0.2) is 66.4 Å².